The van der Waals surface area contributed by atoms with E-state index < -0.39 is 5.60 Å². The summed E-state index contributed by atoms with van der Waals surface area (Å²) in [5.74, 6) is 0. The lowest BCUT2D eigenvalue weighted by Gasteiger charge is -2.40. The number of carbonyl (C=O) groups is 1. The van der Waals surface area contributed by atoms with Gasteiger partial charge in [0, 0.05) is 33.4 Å². The predicted octanol–water partition coefficient (Wildman–Crippen LogP) is 6.24. The van der Waals surface area contributed by atoms with Crippen LogP contribution in [0.1, 0.15) is 78.6 Å². The molecule has 164 valence electrons. The Kier molecular flexibility index (Phi) is 5.63. The molecule has 0 radical (unpaired) electrons. The fraction of sp³-hybridized carbons (Fsp3) is 0.500. The monoisotopic (exact) mass is 410 g/mol. The number of piperidine rings is 1. The van der Waals surface area contributed by atoms with Gasteiger partial charge in [0.25, 0.3) is 0 Å². The van der Waals surface area contributed by atoms with E-state index in [2.05, 4.69) is 66.8 Å². The van der Waals surface area contributed by atoms with E-state index in [-0.39, 0.29) is 14.4 Å². The zero-order valence-corrected chi connectivity index (χ0v) is 18.7. The Morgan fingerprint density at radius 3 is 2.40 bits per heavy atom. The minimum absolute atomic E-state index is 0. The Bertz CT molecular complexity index is 890. The molecule has 30 heavy (non-hydrogen) atoms. The van der Waals surface area contributed by atoms with Gasteiger partial charge in [0.1, 0.15) is 5.60 Å². The number of likely N-dealkylation sites (tertiary alicyclic amines) is 1. The van der Waals surface area contributed by atoms with Crippen molar-refractivity contribution in [3.05, 3.63) is 71.3 Å². The van der Waals surface area contributed by atoms with Crippen molar-refractivity contribution in [2.45, 2.75) is 70.1 Å². The van der Waals surface area contributed by atoms with Crippen LogP contribution in [0, 0.1) is 0 Å². The van der Waals surface area contributed by atoms with Gasteiger partial charge in [-0.2, -0.15) is 0 Å². The number of hydrogen-bond donors (Lipinski definition) is 1. The number of amides is 1. The number of rotatable bonds is 3. The Morgan fingerprint density at radius 1 is 1.10 bits per heavy atom. The first-order valence-electron chi connectivity index (χ1n) is 11.2. The Morgan fingerprint density at radius 2 is 1.73 bits per heavy atom. The topological polar surface area (TPSA) is 41.6 Å². The Hall–Kier alpha value is -2.33. The van der Waals surface area contributed by atoms with Gasteiger partial charge in [0.05, 0.1) is 0 Å². The van der Waals surface area contributed by atoms with Crippen molar-refractivity contribution in [1.29, 1.82) is 0 Å². The van der Waals surface area contributed by atoms with Crippen molar-refractivity contribution in [3.8, 4) is 0 Å². The summed E-state index contributed by atoms with van der Waals surface area (Å²) in [4.78, 5) is 14.4. The van der Waals surface area contributed by atoms with Crippen LogP contribution in [-0.2, 0) is 10.2 Å². The first-order valence-corrected chi connectivity index (χ1v) is 11.2. The van der Waals surface area contributed by atoms with Crippen molar-refractivity contribution < 1.29 is 12.4 Å². The number of nitrogens with zero attached hydrogens (tertiary/aromatic N) is 1. The summed E-state index contributed by atoms with van der Waals surface area (Å²) < 4.78 is 5.60. The van der Waals surface area contributed by atoms with Gasteiger partial charge in [0.2, 0.25) is 0 Å². The minimum atomic E-state index is -0.450. The fourth-order valence-corrected chi connectivity index (χ4v) is 5.10. The summed E-state index contributed by atoms with van der Waals surface area (Å²) in [6, 6.07) is 20.2. The minimum Gasteiger partial charge on any atom is -0.444 e. The van der Waals surface area contributed by atoms with Crippen LogP contribution in [0.5, 0.6) is 0 Å². The highest BCUT2D eigenvalue weighted by atomic mass is 16.6. The van der Waals surface area contributed by atoms with E-state index in [1.54, 1.807) is 0 Å². The van der Waals surface area contributed by atoms with Crippen molar-refractivity contribution in [3.63, 3.8) is 0 Å². The van der Waals surface area contributed by atoms with Gasteiger partial charge in [-0.05, 0) is 63.6 Å². The van der Waals surface area contributed by atoms with Crippen molar-refractivity contribution >= 4 is 6.09 Å². The maximum atomic E-state index is 12.5. The Balaban J connectivity index is 0.00000181. The molecule has 0 unspecified atom stereocenters. The summed E-state index contributed by atoms with van der Waals surface area (Å²) >= 11 is 0. The molecule has 4 rings (SSSR count). The first-order chi connectivity index (χ1) is 14.3. The van der Waals surface area contributed by atoms with E-state index in [4.69, 9.17) is 4.74 Å². The van der Waals surface area contributed by atoms with Crippen LogP contribution >= 0.6 is 0 Å². The molecular weight excluding hydrogens is 372 g/mol. The second kappa shape index (κ2) is 8.07. The SMILES string of the molecule is C[C@H](N[C@H]1CC2(CCN(C(=O)OC(C)(C)C)CC2)c2ccccc21)c1ccccc1.[HH].[HH]. The molecule has 1 N–H and O–H groups in total. The molecule has 2 aliphatic rings. The van der Waals surface area contributed by atoms with Gasteiger partial charge in [-0.1, -0.05) is 54.6 Å². The molecule has 1 aliphatic heterocycles. The second-order valence-electron chi connectivity index (χ2n) is 9.89. The molecule has 0 saturated carbocycles. The van der Waals surface area contributed by atoms with Gasteiger partial charge in [-0.15, -0.1) is 0 Å². The largest absolute Gasteiger partial charge is 0.444 e. The average molecular weight is 411 g/mol. The molecule has 2 aromatic rings. The summed E-state index contributed by atoms with van der Waals surface area (Å²) in [6.45, 7) is 9.53. The molecule has 0 bridgehead atoms. The molecule has 1 fully saturated rings. The average Bonchev–Trinajstić information content (AvgIpc) is 3.01. The summed E-state index contributed by atoms with van der Waals surface area (Å²) in [5, 5.41) is 3.88. The first kappa shape index (κ1) is 20.9. The molecule has 4 heteroatoms. The molecule has 1 amide bonds. The number of ether oxygens (including phenoxy) is 1. The van der Waals surface area contributed by atoms with Crippen molar-refractivity contribution in [2.24, 2.45) is 0 Å². The maximum Gasteiger partial charge on any atom is 0.410 e. The van der Waals surface area contributed by atoms with E-state index >= 15 is 0 Å². The molecule has 2 aromatic carbocycles. The van der Waals surface area contributed by atoms with E-state index in [0.29, 0.717) is 12.1 Å². The third kappa shape index (κ3) is 4.24. The molecule has 1 heterocycles. The number of carbonyl (C=O) groups excluding carboxylic acids is 1. The second-order valence-corrected chi connectivity index (χ2v) is 9.89. The number of nitrogens with one attached hydrogen (secondary N) is 1. The van der Waals surface area contributed by atoms with Crippen LogP contribution < -0.4 is 5.32 Å². The summed E-state index contributed by atoms with van der Waals surface area (Å²) in [5.41, 5.74) is 3.89. The Labute approximate surface area is 183 Å². The van der Waals surface area contributed by atoms with Crippen LogP contribution in [0.25, 0.3) is 0 Å². The molecule has 2 atom stereocenters. The lowest BCUT2D eigenvalue weighted by Crippen LogP contribution is -2.46. The van der Waals surface area contributed by atoms with Gasteiger partial charge >= 0.3 is 6.09 Å². The summed E-state index contributed by atoms with van der Waals surface area (Å²) in [6.07, 6.45) is 2.88. The normalized spacial score (nSPS) is 21.3. The quantitative estimate of drug-likeness (QED) is 0.651. The van der Waals surface area contributed by atoms with E-state index in [1.807, 2.05) is 25.7 Å². The molecule has 0 aromatic heterocycles. The predicted molar refractivity (Wildman–Crippen MR) is 125 cm³/mol. The lowest BCUT2D eigenvalue weighted by atomic mass is 9.73. The lowest BCUT2D eigenvalue weighted by molar-refractivity contribution is 0.0160. The van der Waals surface area contributed by atoms with Gasteiger partial charge < -0.3 is 15.0 Å². The third-order valence-corrected chi connectivity index (χ3v) is 6.63. The van der Waals surface area contributed by atoms with Gasteiger partial charge in [0.15, 0.2) is 0 Å². The highest BCUT2D eigenvalue weighted by Gasteiger charge is 2.46. The van der Waals surface area contributed by atoms with E-state index in [1.165, 1.54) is 16.7 Å². The number of fused-ring (bicyclic) bond motifs is 2. The molecule has 1 spiro atoms. The number of benzene rings is 2. The zero-order valence-electron chi connectivity index (χ0n) is 18.7. The van der Waals surface area contributed by atoms with Crippen LogP contribution in [0.15, 0.2) is 54.6 Å². The standard InChI is InChI=1S/C26H34N2O2.2H2/c1-19(20-10-6-5-7-11-20)27-23-18-26(22-13-9-8-12-21(22)23)14-16-28(17-15-26)24(29)30-25(2,3)4;;/h5-13,19,23,27H,14-18H2,1-4H3;2*1H/t19-,23-;;/m0../s1. The zero-order chi connectivity index (χ0) is 21.4. The smallest absolute Gasteiger partial charge is 0.410 e. The maximum absolute atomic E-state index is 12.5. The summed E-state index contributed by atoms with van der Waals surface area (Å²) in [7, 11) is 0. The van der Waals surface area contributed by atoms with Crippen molar-refractivity contribution in [2.75, 3.05) is 13.1 Å². The fourth-order valence-electron chi connectivity index (χ4n) is 5.10. The van der Waals surface area contributed by atoms with Crippen LogP contribution in [0.3, 0.4) is 0 Å². The molecule has 1 aliphatic carbocycles. The van der Waals surface area contributed by atoms with Crippen molar-refractivity contribution in [1.82, 2.24) is 10.2 Å². The molecule has 4 nitrogen and oxygen atoms in total. The van der Waals surface area contributed by atoms with Crippen LogP contribution in [0.4, 0.5) is 4.79 Å². The van der Waals surface area contributed by atoms with Gasteiger partial charge in [-0.25, -0.2) is 4.79 Å². The third-order valence-electron chi connectivity index (χ3n) is 6.63. The molecule has 1 saturated heterocycles. The highest BCUT2D eigenvalue weighted by Crippen LogP contribution is 2.51. The van der Waals surface area contributed by atoms with Gasteiger partial charge in [-0.3, -0.25) is 0 Å². The van der Waals surface area contributed by atoms with E-state index in [0.717, 1.165) is 32.4 Å². The van der Waals surface area contributed by atoms with Crippen LogP contribution in [-0.4, -0.2) is 29.7 Å². The molecular formula is C26H38N2O2. The number of hydrogen-bond acceptors (Lipinski definition) is 3. The van der Waals surface area contributed by atoms with Crippen LogP contribution in [0.2, 0.25) is 0 Å². The highest BCUT2D eigenvalue weighted by molar-refractivity contribution is 5.68. The van der Waals surface area contributed by atoms with E-state index in [9.17, 15) is 4.79 Å².